The molecule has 0 spiro atoms. The summed E-state index contributed by atoms with van der Waals surface area (Å²) in [6, 6.07) is 0. The van der Waals surface area contributed by atoms with Crippen LogP contribution in [0.5, 0.6) is 0 Å². The molecule has 0 bridgehead atoms. The number of fused-ring (bicyclic) bond motifs is 2. The molecule has 28 heavy (non-hydrogen) atoms. The van der Waals surface area contributed by atoms with Crippen molar-refractivity contribution < 1.29 is 28.3 Å². The van der Waals surface area contributed by atoms with E-state index in [1.54, 1.807) is 4.57 Å². The van der Waals surface area contributed by atoms with Gasteiger partial charge in [-0.2, -0.15) is 0 Å². The number of hydrogen-bond acceptors (Lipinski definition) is 10. The van der Waals surface area contributed by atoms with Gasteiger partial charge in [0.2, 0.25) is 0 Å². The Kier molecular flexibility index (Phi) is 5.62. The van der Waals surface area contributed by atoms with Gasteiger partial charge in [0.1, 0.15) is 24.6 Å². The van der Waals surface area contributed by atoms with Crippen molar-refractivity contribution in [2.75, 3.05) is 18.1 Å². The summed E-state index contributed by atoms with van der Waals surface area (Å²) in [6.07, 6.45) is 0.712. The van der Waals surface area contributed by atoms with Gasteiger partial charge >= 0.3 is 7.82 Å². The summed E-state index contributed by atoms with van der Waals surface area (Å²) in [5, 5.41) is 11.4. The number of hydrogen-bond donors (Lipinski definition) is 3. The van der Waals surface area contributed by atoms with E-state index in [4.69, 9.17) is 19.5 Å². The van der Waals surface area contributed by atoms with Gasteiger partial charge in [0.15, 0.2) is 28.4 Å². The van der Waals surface area contributed by atoms with E-state index in [9.17, 15) is 14.6 Å². The Morgan fingerprint density at radius 2 is 2.25 bits per heavy atom. The van der Waals surface area contributed by atoms with Crippen LogP contribution in [-0.4, -0.2) is 60.2 Å². The highest BCUT2D eigenvalue weighted by atomic mass is 32.2. The van der Waals surface area contributed by atoms with E-state index in [0.717, 1.165) is 25.0 Å². The predicted molar refractivity (Wildman–Crippen MR) is 101 cm³/mol. The zero-order valence-electron chi connectivity index (χ0n) is 15.2. The van der Waals surface area contributed by atoms with Crippen LogP contribution in [0.25, 0.3) is 11.2 Å². The van der Waals surface area contributed by atoms with E-state index in [2.05, 4.69) is 21.9 Å². The van der Waals surface area contributed by atoms with Crippen molar-refractivity contribution in [2.45, 2.75) is 55.9 Å². The highest BCUT2D eigenvalue weighted by molar-refractivity contribution is 7.99. The summed E-state index contributed by atoms with van der Waals surface area (Å²) < 4.78 is 29.1. The van der Waals surface area contributed by atoms with Crippen LogP contribution in [0.15, 0.2) is 11.5 Å². The Bertz CT molecular complexity index is 912. The van der Waals surface area contributed by atoms with Crippen molar-refractivity contribution in [1.82, 2.24) is 19.5 Å². The number of nitrogens with two attached hydrogens (primary N) is 1. The first-order valence-electron chi connectivity index (χ1n) is 9.01. The minimum absolute atomic E-state index is 0.158. The molecule has 5 atom stereocenters. The second-order valence-corrected chi connectivity index (χ2v) is 9.11. The fraction of sp³-hybridized carbons (Fsp3) is 0.667. The number of aromatic nitrogens is 4. The van der Waals surface area contributed by atoms with Crippen LogP contribution < -0.4 is 5.73 Å². The molecular weight excluding hydrogens is 409 g/mol. The van der Waals surface area contributed by atoms with Gasteiger partial charge in [0, 0.05) is 5.75 Å². The minimum Gasteiger partial charge on any atom is -0.386 e. The molecule has 13 heteroatoms. The fourth-order valence-electron chi connectivity index (χ4n) is 3.30. The van der Waals surface area contributed by atoms with E-state index in [1.165, 1.54) is 18.1 Å². The normalized spacial score (nSPS) is 32.7. The largest absolute Gasteiger partial charge is 0.472 e. The molecule has 0 radical (unpaired) electrons. The minimum atomic E-state index is -4.21. The van der Waals surface area contributed by atoms with Gasteiger partial charge < -0.3 is 20.5 Å². The number of imidazole rings is 1. The number of aliphatic hydroxyl groups is 1. The quantitative estimate of drug-likeness (QED) is 0.346. The molecule has 0 saturated carbocycles. The van der Waals surface area contributed by atoms with Crippen LogP contribution in [-0.2, 0) is 18.3 Å². The highest BCUT2D eigenvalue weighted by Crippen LogP contribution is 2.53. The standard InChI is InChI=1S/C15H22N5O6PS/c1-2-3-4-5-28-15-19-9-12(16)17-7-18-13(9)20(15)14-10(21)11-8(25-14)6-24-27(22,23)26-11/h7-8,10-11,14,21H,2-6H2,1H3,(H,22,23)(H2,16,17,18)/t8-,10-,11-,14-/m1/s1. The van der Waals surface area contributed by atoms with Crippen LogP contribution >= 0.6 is 19.6 Å². The molecule has 2 aliphatic rings. The van der Waals surface area contributed by atoms with Gasteiger partial charge in [0.25, 0.3) is 0 Å². The van der Waals surface area contributed by atoms with Gasteiger partial charge in [0.05, 0.1) is 6.61 Å². The van der Waals surface area contributed by atoms with Crippen molar-refractivity contribution in [3.8, 4) is 0 Å². The molecule has 4 rings (SSSR count). The van der Waals surface area contributed by atoms with Gasteiger partial charge in [-0.05, 0) is 6.42 Å². The van der Waals surface area contributed by atoms with Crippen LogP contribution in [0, 0.1) is 0 Å². The number of aliphatic hydroxyl groups excluding tert-OH is 1. The first-order valence-corrected chi connectivity index (χ1v) is 11.5. The number of thioether (sulfide) groups is 1. The van der Waals surface area contributed by atoms with Crippen LogP contribution in [0.4, 0.5) is 5.82 Å². The fourth-order valence-corrected chi connectivity index (χ4v) is 5.28. The Hall–Kier alpha value is -1.27. The molecule has 2 aliphatic heterocycles. The average Bonchev–Trinajstić information content (AvgIpc) is 3.17. The molecule has 2 saturated heterocycles. The molecule has 0 amide bonds. The monoisotopic (exact) mass is 431 g/mol. The topological polar surface area (TPSA) is 155 Å². The maximum atomic E-state index is 11.7. The molecule has 4 heterocycles. The number of unbranched alkanes of at least 4 members (excludes halogenated alkanes) is 2. The molecule has 0 aromatic carbocycles. The van der Waals surface area contributed by atoms with Crippen LogP contribution in [0.2, 0.25) is 0 Å². The second-order valence-electron chi connectivity index (χ2n) is 6.64. The molecule has 11 nitrogen and oxygen atoms in total. The maximum Gasteiger partial charge on any atom is 0.472 e. The number of ether oxygens (including phenoxy) is 1. The van der Waals surface area contributed by atoms with Crippen LogP contribution in [0.3, 0.4) is 0 Å². The Morgan fingerprint density at radius 1 is 1.43 bits per heavy atom. The number of phosphoric acid groups is 1. The SMILES string of the molecule is CCCCCSc1nc2c(N)ncnc2n1[C@@H]1O[C@@H]2COP(=O)(O)O[C@H]2[C@H]1O. The Balaban J connectivity index is 1.69. The first-order chi connectivity index (χ1) is 13.4. The number of nitrogen functional groups attached to an aromatic ring is 1. The second kappa shape index (κ2) is 7.86. The summed E-state index contributed by atoms with van der Waals surface area (Å²) in [6.45, 7) is 1.97. The zero-order chi connectivity index (χ0) is 19.9. The van der Waals surface area contributed by atoms with Crippen molar-refractivity contribution in [3.05, 3.63) is 6.33 Å². The molecule has 154 valence electrons. The third-order valence-electron chi connectivity index (χ3n) is 4.67. The third kappa shape index (κ3) is 3.65. The molecule has 0 aliphatic carbocycles. The lowest BCUT2D eigenvalue weighted by molar-refractivity contribution is -0.0684. The number of nitrogens with zero attached hydrogens (tertiary/aromatic N) is 4. The first kappa shape index (κ1) is 20.0. The average molecular weight is 431 g/mol. The lowest BCUT2D eigenvalue weighted by atomic mass is 10.1. The number of anilines is 1. The van der Waals surface area contributed by atoms with Gasteiger partial charge in [-0.15, -0.1) is 0 Å². The van der Waals surface area contributed by atoms with E-state index in [-0.39, 0.29) is 12.4 Å². The molecular formula is C15H22N5O6PS. The van der Waals surface area contributed by atoms with E-state index < -0.39 is 32.4 Å². The number of phosphoric ester groups is 1. The summed E-state index contributed by atoms with van der Waals surface area (Å²) in [5.41, 5.74) is 6.78. The van der Waals surface area contributed by atoms with Crippen molar-refractivity contribution in [3.63, 3.8) is 0 Å². The van der Waals surface area contributed by atoms with Gasteiger partial charge in [-0.25, -0.2) is 19.5 Å². The zero-order valence-corrected chi connectivity index (χ0v) is 16.9. The summed E-state index contributed by atoms with van der Waals surface area (Å²) >= 11 is 1.50. The Labute approximate surface area is 165 Å². The molecule has 2 aromatic heterocycles. The van der Waals surface area contributed by atoms with E-state index in [0.29, 0.717) is 16.3 Å². The van der Waals surface area contributed by atoms with E-state index >= 15 is 0 Å². The van der Waals surface area contributed by atoms with Crippen molar-refractivity contribution in [1.29, 1.82) is 0 Å². The van der Waals surface area contributed by atoms with Gasteiger partial charge in [-0.3, -0.25) is 13.6 Å². The molecule has 2 fully saturated rings. The molecule has 1 unspecified atom stereocenters. The van der Waals surface area contributed by atoms with Gasteiger partial charge in [-0.1, -0.05) is 31.5 Å². The van der Waals surface area contributed by atoms with Crippen LogP contribution in [0.1, 0.15) is 32.4 Å². The molecule has 4 N–H and O–H groups in total. The predicted octanol–water partition coefficient (Wildman–Crippen LogP) is 1.46. The van der Waals surface area contributed by atoms with E-state index in [1.807, 2.05) is 0 Å². The lowest BCUT2D eigenvalue weighted by Crippen LogP contribution is -2.39. The summed E-state index contributed by atoms with van der Waals surface area (Å²) in [4.78, 5) is 22.3. The Morgan fingerprint density at radius 3 is 3.04 bits per heavy atom. The lowest BCUT2D eigenvalue weighted by Gasteiger charge is -2.27. The smallest absolute Gasteiger partial charge is 0.386 e. The van der Waals surface area contributed by atoms with Crippen molar-refractivity contribution in [2.24, 2.45) is 0 Å². The summed E-state index contributed by atoms with van der Waals surface area (Å²) in [5.74, 6) is 1.05. The third-order valence-corrected chi connectivity index (χ3v) is 6.70. The molecule has 2 aromatic rings. The number of rotatable bonds is 6. The maximum absolute atomic E-state index is 11.7. The summed E-state index contributed by atoms with van der Waals surface area (Å²) in [7, 11) is -4.21. The van der Waals surface area contributed by atoms with Crippen molar-refractivity contribution >= 4 is 36.6 Å². The highest BCUT2D eigenvalue weighted by Gasteiger charge is 2.53.